The highest BCUT2D eigenvalue weighted by molar-refractivity contribution is 7.85. The number of benzene rings is 3. The van der Waals surface area contributed by atoms with E-state index < -0.39 is 10.8 Å². The van der Waals surface area contributed by atoms with Crippen molar-refractivity contribution >= 4 is 30.7 Å². The van der Waals surface area contributed by atoms with E-state index in [0.29, 0.717) is 12.2 Å². The number of hydrogen-bond acceptors (Lipinski definition) is 2. The monoisotopic (exact) mass is 482 g/mol. The summed E-state index contributed by atoms with van der Waals surface area (Å²) < 4.78 is 12.0. The molecule has 0 fully saturated rings. The second kappa shape index (κ2) is 19.1. The fourth-order valence-corrected chi connectivity index (χ4v) is 4.20. The highest BCUT2D eigenvalue weighted by Crippen LogP contribution is 2.13. The van der Waals surface area contributed by atoms with E-state index in [1.165, 1.54) is 11.1 Å². The molecular weight excluding hydrogens is 443 g/mol. The highest BCUT2D eigenvalue weighted by atomic mass is 32.2. The van der Waals surface area contributed by atoms with Crippen LogP contribution in [-0.4, -0.2) is 21.0 Å². The van der Waals surface area contributed by atoms with Crippen LogP contribution in [0.4, 0.5) is 0 Å². The van der Waals surface area contributed by atoms with Gasteiger partial charge in [0, 0.05) is 16.6 Å². The molecule has 0 aliphatic rings. The smallest absolute Gasteiger partial charge is 0.137 e. The van der Waals surface area contributed by atoms with Gasteiger partial charge < -0.3 is 0 Å². The van der Waals surface area contributed by atoms with E-state index in [-0.39, 0.29) is 11.7 Å². The van der Waals surface area contributed by atoms with Crippen LogP contribution in [0.3, 0.4) is 0 Å². The zero-order chi connectivity index (χ0) is 25.1. The van der Waals surface area contributed by atoms with Crippen molar-refractivity contribution in [3.05, 3.63) is 102 Å². The van der Waals surface area contributed by atoms with E-state index in [0.717, 1.165) is 10.2 Å². The van der Waals surface area contributed by atoms with Gasteiger partial charge in [0.2, 0.25) is 0 Å². The fourth-order valence-electron chi connectivity index (χ4n) is 2.71. The maximum absolute atomic E-state index is 12.0. The molecule has 3 aromatic rings. The van der Waals surface area contributed by atoms with Crippen LogP contribution in [0.5, 0.6) is 0 Å². The predicted octanol–water partition coefficient (Wildman–Crippen LogP) is 7.74. The van der Waals surface area contributed by atoms with Crippen molar-refractivity contribution in [2.45, 2.75) is 52.9 Å². The average molecular weight is 483 g/mol. The largest absolute Gasteiger partial charge is 0.299 e. The third kappa shape index (κ3) is 15.2. The minimum atomic E-state index is -1.02. The first kappa shape index (κ1) is 30.7. The van der Waals surface area contributed by atoms with Gasteiger partial charge in [0.25, 0.3) is 0 Å². The zero-order valence-electron chi connectivity index (χ0n) is 20.9. The van der Waals surface area contributed by atoms with Crippen LogP contribution in [0.1, 0.15) is 45.2 Å². The quantitative estimate of drug-likeness (QED) is 0.337. The Balaban J connectivity index is 0.000000523. The molecular formula is C29H39O2PS. The lowest BCUT2D eigenvalue weighted by Gasteiger charge is -2.12. The van der Waals surface area contributed by atoms with Gasteiger partial charge in [0.1, 0.15) is 5.78 Å². The molecule has 0 N–H and O–H groups in total. The van der Waals surface area contributed by atoms with Crippen molar-refractivity contribution in [2.75, 3.05) is 5.75 Å². The first-order valence-corrected chi connectivity index (χ1v) is 13.2. The van der Waals surface area contributed by atoms with Gasteiger partial charge in [-0.15, -0.1) is 8.86 Å². The maximum atomic E-state index is 12.0. The van der Waals surface area contributed by atoms with Crippen molar-refractivity contribution in [1.82, 2.24) is 0 Å². The Morgan fingerprint density at radius 3 is 1.39 bits per heavy atom. The van der Waals surface area contributed by atoms with Gasteiger partial charge in [-0.1, -0.05) is 104 Å². The number of carbonyl (C=O) groups excluding carboxylic acids is 1. The second-order valence-electron chi connectivity index (χ2n) is 7.31. The Bertz CT molecular complexity index is 874. The molecule has 4 heteroatoms. The summed E-state index contributed by atoms with van der Waals surface area (Å²) in [5.41, 5.74) is 2.64. The van der Waals surface area contributed by atoms with Crippen molar-refractivity contribution in [3.8, 4) is 0 Å². The molecule has 0 aliphatic heterocycles. The van der Waals surface area contributed by atoms with Gasteiger partial charge in [-0.25, -0.2) is 0 Å². The lowest BCUT2D eigenvalue weighted by atomic mass is 9.99. The molecule has 0 radical (unpaired) electrons. The molecule has 2 unspecified atom stereocenters. The van der Waals surface area contributed by atoms with Crippen LogP contribution < -0.4 is 0 Å². The Labute approximate surface area is 206 Å². The van der Waals surface area contributed by atoms with Crippen LogP contribution in [0, 0.1) is 19.8 Å². The molecule has 0 heterocycles. The average Bonchev–Trinajstić information content (AvgIpc) is 2.82. The van der Waals surface area contributed by atoms with Crippen LogP contribution in [-0.2, 0) is 15.6 Å². The first-order chi connectivity index (χ1) is 15.8. The van der Waals surface area contributed by atoms with Crippen LogP contribution in [0.15, 0.2) is 95.9 Å². The van der Waals surface area contributed by atoms with Gasteiger partial charge >= 0.3 is 0 Å². The molecule has 0 amide bonds. The third-order valence-electron chi connectivity index (χ3n) is 4.49. The van der Waals surface area contributed by atoms with E-state index in [1.807, 2.05) is 87.5 Å². The molecule has 0 saturated heterocycles. The SMILES string of the molecule is CC.CC(=O)C(CCS(=O)c1ccccc1)C(C)=P.Cc1ccccc1.Cc1ccccc1. The summed E-state index contributed by atoms with van der Waals surface area (Å²) in [5.74, 6) is 0.484. The summed E-state index contributed by atoms with van der Waals surface area (Å²) >= 11 is 0. The molecule has 33 heavy (non-hydrogen) atoms. The normalized spacial score (nSPS) is 11.1. The Morgan fingerprint density at radius 1 is 0.758 bits per heavy atom. The van der Waals surface area contributed by atoms with E-state index in [1.54, 1.807) is 6.92 Å². The van der Waals surface area contributed by atoms with Gasteiger partial charge in [0.05, 0.1) is 10.8 Å². The topological polar surface area (TPSA) is 34.1 Å². The van der Waals surface area contributed by atoms with Gasteiger partial charge in [-0.2, -0.15) is 0 Å². The first-order valence-electron chi connectivity index (χ1n) is 11.3. The molecule has 178 valence electrons. The lowest BCUT2D eigenvalue weighted by Crippen LogP contribution is -2.20. The Kier molecular flexibility index (Phi) is 17.8. The van der Waals surface area contributed by atoms with Crippen molar-refractivity contribution in [2.24, 2.45) is 5.92 Å². The number of carbonyl (C=O) groups is 1. The summed E-state index contributed by atoms with van der Waals surface area (Å²) in [4.78, 5) is 12.2. The predicted molar refractivity (Wildman–Crippen MR) is 149 cm³/mol. The minimum absolute atomic E-state index is 0.113. The van der Waals surface area contributed by atoms with E-state index in [9.17, 15) is 9.00 Å². The number of Topliss-reactive ketones (excluding diaryl/α,β-unsaturated/α-hetero) is 1. The molecule has 0 spiro atoms. The molecule has 0 aromatic heterocycles. The Hall–Kier alpha value is -2.35. The second-order valence-corrected chi connectivity index (χ2v) is 9.67. The van der Waals surface area contributed by atoms with E-state index in [2.05, 4.69) is 47.0 Å². The fraction of sp³-hybridized carbons (Fsp3) is 0.310. The standard InChI is InChI=1S/C13H17O2PS.2C7H8.C2H6/c1-10(14)13(11(2)16)8-9-17(15)12-6-4-3-5-7-12;2*1-7-5-3-2-4-6-7;1-2/h3-7,13,16H,8-9H2,1-2H3;2*2-6H,1H3;1-2H3. The van der Waals surface area contributed by atoms with E-state index >= 15 is 0 Å². The molecule has 2 nitrogen and oxygen atoms in total. The molecule has 0 bridgehead atoms. The number of ketones is 1. The summed E-state index contributed by atoms with van der Waals surface area (Å²) in [6.45, 7) is 11.6. The van der Waals surface area contributed by atoms with Crippen molar-refractivity contribution < 1.29 is 9.00 Å². The summed E-state index contributed by atoms with van der Waals surface area (Å²) in [7, 11) is 2.37. The third-order valence-corrected chi connectivity index (χ3v) is 6.25. The molecule has 0 saturated carbocycles. The molecule has 3 rings (SSSR count). The van der Waals surface area contributed by atoms with E-state index in [4.69, 9.17) is 0 Å². The molecule has 2 atom stereocenters. The van der Waals surface area contributed by atoms with Crippen LogP contribution in [0.25, 0.3) is 0 Å². The van der Waals surface area contributed by atoms with Crippen molar-refractivity contribution in [3.63, 3.8) is 0 Å². The number of hydrogen-bond donors (Lipinski definition) is 0. The lowest BCUT2D eigenvalue weighted by molar-refractivity contribution is -0.118. The molecule has 3 aromatic carbocycles. The number of rotatable bonds is 6. The van der Waals surface area contributed by atoms with Gasteiger partial charge in [-0.05, 0) is 51.5 Å². The van der Waals surface area contributed by atoms with Crippen LogP contribution >= 0.6 is 8.86 Å². The van der Waals surface area contributed by atoms with Gasteiger partial charge in [0.15, 0.2) is 0 Å². The maximum Gasteiger partial charge on any atom is 0.137 e. The summed E-state index contributed by atoms with van der Waals surface area (Å²) in [5, 5.41) is 0.905. The van der Waals surface area contributed by atoms with Crippen LogP contribution in [0.2, 0.25) is 0 Å². The van der Waals surface area contributed by atoms with Crippen molar-refractivity contribution in [1.29, 1.82) is 0 Å². The molecule has 0 aliphatic carbocycles. The Morgan fingerprint density at radius 2 is 1.12 bits per heavy atom. The van der Waals surface area contributed by atoms with Gasteiger partial charge in [-0.3, -0.25) is 9.00 Å². The zero-order valence-corrected chi connectivity index (χ0v) is 22.7. The highest BCUT2D eigenvalue weighted by Gasteiger charge is 2.16. The summed E-state index contributed by atoms with van der Waals surface area (Å²) in [6.07, 6.45) is 0.617. The number of aryl methyl sites for hydroxylation is 2. The summed E-state index contributed by atoms with van der Waals surface area (Å²) in [6, 6.07) is 29.9. The minimum Gasteiger partial charge on any atom is -0.299 e.